The molecule has 2 rings (SSSR count). The molecule has 2 aromatic rings. The van der Waals surface area contributed by atoms with Crippen LogP contribution in [0.5, 0.6) is 5.75 Å². The molecule has 0 spiro atoms. The zero-order chi connectivity index (χ0) is 16.9. The highest BCUT2D eigenvalue weighted by Crippen LogP contribution is 2.41. The van der Waals surface area contributed by atoms with E-state index in [2.05, 4.69) is 58.8 Å². The fourth-order valence-electron chi connectivity index (χ4n) is 2.53. The number of phenolic OH excluding ortho intramolecular Hbond substituents is 1. The molecule has 1 aromatic carbocycles. The van der Waals surface area contributed by atoms with Gasteiger partial charge in [0.25, 0.3) is 0 Å². The van der Waals surface area contributed by atoms with Gasteiger partial charge in [-0.2, -0.15) is 5.10 Å². The van der Waals surface area contributed by atoms with Crippen molar-refractivity contribution in [1.82, 2.24) is 9.78 Å². The molecule has 1 heterocycles. The van der Waals surface area contributed by atoms with Gasteiger partial charge in [0.2, 0.25) is 0 Å². The molecule has 0 fully saturated rings. The van der Waals surface area contributed by atoms with Crippen molar-refractivity contribution in [3.05, 3.63) is 35.0 Å². The fraction of sp³-hybridized carbons (Fsp3) is 0.526. The van der Waals surface area contributed by atoms with E-state index < -0.39 is 0 Å². The molecule has 0 saturated heterocycles. The Morgan fingerprint density at radius 2 is 1.55 bits per heavy atom. The Morgan fingerprint density at radius 3 is 1.95 bits per heavy atom. The minimum atomic E-state index is -0.121. The van der Waals surface area contributed by atoms with Crippen molar-refractivity contribution in [3.8, 4) is 17.0 Å². The first-order valence-corrected chi connectivity index (χ1v) is 7.80. The summed E-state index contributed by atoms with van der Waals surface area (Å²) in [5.74, 6) is 0.346. The Bertz CT molecular complexity index is 678. The Hall–Kier alpha value is -1.77. The summed E-state index contributed by atoms with van der Waals surface area (Å²) < 4.78 is 1.84. The highest BCUT2D eigenvalue weighted by Gasteiger charge is 2.26. The lowest BCUT2D eigenvalue weighted by molar-refractivity contribution is 0.446. The van der Waals surface area contributed by atoms with Crippen LogP contribution in [-0.4, -0.2) is 14.9 Å². The SMILES string of the molecule is Cc1cc(-c2cc(C(C)(C)C)cc(C(C)(C)C)c2O)nn1C. The lowest BCUT2D eigenvalue weighted by atomic mass is 9.78. The molecule has 0 saturated carbocycles. The normalized spacial score (nSPS) is 12.7. The predicted octanol–water partition coefficient (Wildman–Crippen LogP) is 4.70. The molecule has 120 valence electrons. The third-order valence-electron chi connectivity index (χ3n) is 4.17. The van der Waals surface area contributed by atoms with Gasteiger partial charge in [0.15, 0.2) is 0 Å². The van der Waals surface area contributed by atoms with Crippen molar-refractivity contribution in [3.63, 3.8) is 0 Å². The highest BCUT2D eigenvalue weighted by atomic mass is 16.3. The van der Waals surface area contributed by atoms with E-state index >= 15 is 0 Å². The zero-order valence-corrected chi connectivity index (χ0v) is 15.1. The Labute approximate surface area is 134 Å². The van der Waals surface area contributed by atoms with Crippen LogP contribution in [0.1, 0.15) is 58.4 Å². The van der Waals surface area contributed by atoms with Gasteiger partial charge in [-0.05, 0) is 35.4 Å². The summed E-state index contributed by atoms with van der Waals surface area (Å²) in [5, 5.41) is 15.4. The highest BCUT2D eigenvalue weighted by molar-refractivity contribution is 5.71. The summed E-state index contributed by atoms with van der Waals surface area (Å²) in [4.78, 5) is 0. The first kappa shape index (κ1) is 16.6. The second kappa shape index (κ2) is 5.15. The molecule has 1 N–H and O–H groups in total. The molecule has 0 aliphatic heterocycles. The van der Waals surface area contributed by atoms with Crippen LogP contribution in [0.2, 0.25) is 0 Å². The minimum absolute atomic E-state index is 0.0201. The van der Waals surface area contributed by atoms with Crippen molar-refractivity contribution >= 4 is 0 Å². The largest absolute Gasteiger partial charge is 0.507 e. The fourth-order valence-corrected chi connectivity index (χ4v) is 2.53. The summed E-state index contributed by atoms with van der Waals surface area (Å²) >= 11 is 0. The smallest absolute Gasteiger partial charge is 0.128 e. The molecular formula is C19H28N2O. The summed E-state index contributed by atoms with van der Waals surface area (Å²) in [5.41, 5.74) is 4.81. The monoisotopic (exact) mass is 300 g/mol. The van der Waals surface area contributed by atoms with Crippen LogP contribution < -0.4 is 0 Å². The molecular weight excluding hydrogens is 272 g/mol. The third kappa shape index (κ3) is 3.03. The van der Waals surface area contributed by atoms with E-state index in [-0.39, 0.29) is 10.8 Å². The van der Waals surface area contributed by atoms with Gasteiger partial charge < -0.3 is 5.11 Å². The maximum absolute atomic E-state index is 10.8. The summed E-state index contributed by atoms with van der Waals surface area (Å²) in [6.45, 7) is 15.0. The first-order chi connectivity index (χ1) is 9.91. The van der Waals surface area contributed by atoms with Gasteiger partial charge in [-0.25, -0.2) is 0 Å². The minimum Gasteiger partial charge on any atom is -0.507 e. The van der Waals surface area contributed by atoms with Crippen molar-refractivity contribution in [1.29, 1.82) is 0 Å². The standard InChI is InChI=1S/C19H28N2O/c1-12-9-16(20-21(12)8)14-10-13(18(2,3)4)11-15(17(14)22)19(5,6)7/h9-11,22H,1-8H3. The van der Waals surface area contributed by atoms with Crippen molar-refractivity contribution < 1.29 is 5.11 Å². The molecule has 0 bridgehead atoms. The van der Waals surface area contributed by atoms with E-state index in [0.29, 0.717) is 5.75 Å². The number of hydrogen-bond donors (Lipinski definition) is 1. The molecule has 0 atom stereocenters. The lowest BCUT2D eigenvalue weighted by Gasteiger charge is -2.27. The van der Waals surface area contributed by atoms with Crippen molar-refractivity contribution in [2.75, 3.05) is 0 Å². The van der Waals surface area contributed by atoms with Gasteiger partial charge >= 0.3 is 0 Å². The summed E-state index contributed by atoms with van der Waals surface area (Å²) in [7, 11) is 1.92. The zero-order valence-electron chi connectivity index (χ0n) is 15.1. The average molecular weight is 300 g/mol. The van der Waals surface area contributed by atoms with Crippen LogP contribution in [-0.2, 0) is 17.9 Å². The van der Waals surface area contributed by atoms with E-state index in [1.54, 1.807) is 0 Å². The topological polar surface area (TPSA) is 38.1 Å². The van der Waals surface area contributed by atoms with Crippen LogP contribution >= 0.6 is 0 Å². The van der Waals surface area contributed by atoms with Gasteiger partial charge in [-0.1, -0.05) is 47.6 Å². The van der Waals surface area contributed by atoms with Crippen LogP contribution in [0.4, 0.5) is 0 Å². The van der Waals surface area contributed by atoms with Crippen LogP contribution in [0.3, 0.4) is 0 Å². The second-order valence-electron chi connectivity index (χ2n) is 8.21. The molecule has 3 heteroatoms. The number of aryl methyl sites for hydroxylation is 2. The molecule has 1 aromatic heterocycles. The average Bonchev–Trinajstić information content (AvgIpc) is 2.66. The molecule has 0 aliphatic carbocycles. The van der Waals surface area contributed by atoms with E-state index in [1.807, 2.05) is 24.7 Å². The maximum atomic E-state index is 10.8. The molecule has 0 unspecified atom stereocenters. The molecule has 22 heavy (non-hydrogen) atoms. The van der Waals surface area contributed by atoms with Gasteiger partial charge in [0.05, 0.1) is 5.69 Å². The summed E-state index contributed by atoms with van der Waals surface area (Å²) in [6.07, 6.45) is 0. The number of aromatic nitrogens is 2. The first-order valence-electron chi connectivity index (χ1n) is 7.80. The molecule has 3 nitrogen and oxygen atoms in total. The van der Waals surface area contributed by atoms with Crippen LogP contribution in [0, 0.1) is 6.92 Å². The van der Waals surface area contributed by atoms with Crippen LogP contribution in [0.25, 0.3) is 11.3 Å². The predicted molar refractivity (Wildman–Crippen MR) is 92.4 cm³/mol. The quantitative estimate of drug-likeness (QED) is 0.829. The molecule has 0 aliphatic rings. The maximum Gasteiger partial charge on any atom is 0.128 e. The number of rotatable bonds is 1. The Morgan fingerprint density at radius 1 is 0.955 bits per heavy atom. The van der Waals surface area contributed by atoms with Crippen molar-refractivity contribution in [2.45, 2.75) is 59.3 Å². The van der Waals surface area contributed by atoms with Crippen molar-refractivity contribution in [2.24, 2.45) is 7.05 Å². The van der Waals surface area contributed by atoms with E-state index in [0.717, 1.165) is 22.5 Å². The second-order valence-corrected chi connectivity index (χ2v) is 8.21. The van der Waals surface area contributed by atoms with Crippen LogP contribution in [0.15, 0.2) is 18.2 Å². The van der Waals surface area contributed by atoms with E-state index in [9.17, 15) is 5.11 Å². The van der Waals surface area contributed by atoms with Gasteiger partial charge in [-0.3, -0.25) is 4.68 Å². The Balaban J connectivity index is 2.77. The molecule has 0 amide bonds. The van der Waals surface area contributed by atoms with E-state index in [4.69, 9.17) is 0 Å². The molecule has 0 radical (unpaired) electrons. The Kier molecular flexibility index (Phi) is 3.88. The number of phenols is 1. The summed E-state index contributed by atoms with van der Waals surface area (Å²) in [6, 6.07) is 6.23. The van der Waals surface area contributed by atoms with Gasteiger partial charge in [-0.15, -0.1) is 0 Å². The van der Waals surface area contributed by atoms with E-state index in [1.165, 1.54) is 5.56 Å². The number of aromatic hydroxyl groups is 1. The van der Waals surface area contributed by atoms with Gasteiger partial charge in [0, 0.05) is 23.9 Å². The number of nitrogens with zero attached hydrogens (tertiary/aromatic N) is 2. The van der Waals surface area contributed by atoms with Gasteiger partial charge in [0.1, 0.15) is 5.75 Å². The number of hydrogen-bond acceptors (Lipinski definition) is 2. The lowest BCUT2D eigenvalue weighted by Crippen LogP contribution is -2.17. The number of benzene rings is 1. The third-order valence-corrected chi connectivity index (χ3v) is 4.17.